The van der Waals surface area contributed by atoms with E-state index in [1.165, 1.54) is 25.3 Å². The molecule has 1 aromatic carbocycles. The van der Waals surface area contributed by atoms with Gasteiger partial charge in [0.2, 0.25) is 0 Å². The zero-order valence-electron chi connectivity index (χ0n) is 8.60. The lowest BCUT2D eigenvalue weighted by Crippen LogP contribution is -2.15. The van der Waals surface area contributed by atoms with E-state index in [-0.39, 0.29) is 5.82 Å². The third-order valence-electron chi connectivity index (χ3n) is 2.77. The Hall–Kier alpha value is -0.410. The number of rotatable bonds is 5. The van der Waals surface area contributed by atoms with Gasteiger partial charge >= 0.3 is 0 Å². The summed E-state index contributed by atoms with van der Waals surface area (Å²) < 4.78 is 13.7. The summed E-state index contributed by atoms with van der Waals surface area (Å²) in [6.45, 7) is 1.78. The van der Waals surface area contributed by atoms with Crippen LogP contribution in [0.2, 0.25) is 0 Å². The van der Waals surface area contributed by atoms with Crippen LogP contribution < -0.4 is 5.32 Å². The molecule has 1 aromatic rings. The molecule has 0 unspecified atom stereocenters. The Balaban J connectivity index is 1.78. The van der Waals surface area contributed by atoms with Gasteiger partial charge in [0.25, 0.3) is 0 Å². The van der Waals surface area contributed by atoms with E-state index in [0.717, 1.165) is 24.6 Å². The molecule has 0 radical (unpaired) electrons. The Morgan fingerprint density at radius 2 is 2.20 bits per heavy atom. The van der Waals surface area contributed by atoms with Crippen LogP contribution in [-0.4, -0.2) is 6.54 Å². The van der Waals surface area contributed by atoms with E-state index in [1.54, 1.807) is 6.07 Å². The maximum Gasteiger partial charge on any atom is 0.137 e. The molecule has 0 heterocycles. The minimum atomic E-state index is -0.184. The van der Waals surface area contributed by atoms with Gasteiger partial charge in [-0.25, -0.2) is 4.39 Å². The molecule has 1 aliphatic carbocycles. The monoisotopic (exact) mass is 271 g/mol. The molecule has 15 heavy (non-hydrogen) atoms. The van der Waals surface area contributed by atoms with Gasteiger partial charge in [0.05, 0.1) is 4.47 Å². The van der Waals surface area contributed by atoms with Crippen molar-refractivity contribution in [3.05, 3.63) is 34.1 Å². The highest BCUT2D eigenvalue weighted by Crippen LogP contribution is 2.31. The van der Waals surface area contributed by atoms with Gasteiger partial charge in [0.1, 0.15) is 5.82 Å². The molecule has 0 aliphatic heterocycles. The summed E-state index contributed by atoms with van der Waals surface area (Å²) in [6, 6.07) is 5.16. The molecule has 1 nitrogen and oxygen atoms in total. The second-order valence-corrected chi connectivity index (χ2v) is 4.91. The first kappa shape index (κ1) is 11.1. The lowest BCUT2D eigenvalue weighted by atomic mass is 10.2. The van der Waals surface area contributed by atoms with Crippen molar-refractivity contribution in [1.82, 2.24) is 5.32 Å². The van der Waals surface area contributed by atoms with Crippen LogP contribution in [0.25, 0.3) is 0 Å². The first-order valence-electron chi connectivity index (χ1n) is 5.41. The van der Waals surface area contributed by atoms with Crippen molar-refractivity contribution in [2.24, 2.45) is 5.92 Å². The van der Waals surface area contributed by atoms with Crippen molar-refractivity contribution in [3.63, 3.8) is 0 Å². The van der Waals surface area contributed by atoms with Crippen LogP contribution in [0.3, 0.4) is 0 Å². The summed E-state index contributed by atoms with van der Waals surface area (Å²) in [5.41, 5.74) is 0.991. The number of nitrogens with one attached hydrogen (secondary N) is 1. The highest BCUT2D eigenvalue weighted by atomic mass is 79.9. The largest absolute Gasteiger partial charge is 0.313 e. The molecule has 1 aliphatic rings. The number of hydrogen-bond acceptors (Lipinski definition) is 1. The van der Waals surface area contributed by atoms with Gasteiger partial charge in [0.15, 0.2) is 0 Å². The van der Waals surface area contributed by atoms with Gasteiger partial charge in [-0.05, 0) is 46.4 Å². The summed E-state index contributed by atoms with van der Waals surface area (Å²) >= 11 is 3.26. The predicted octanol–water partition coefficient (Wildman–Crippen LogP) is 3.48. The molecule has 1 N–H and O–H groups in total. The fourth-order valence-electron chi connectivity index (χ4n) is 1.62. The van der Waals surface area contributed by atoms with Crippen molar-refractivity contribution in [2.75, 3.05) is 6.54 Å². The van der Waals surface area contributed by atoms with E-state index in [2.05, 4.69) is 21.2 Å². The van der Waals surface area contributed by atoms with Gasteiger partial charge in [0, 0.05) is 6.54 Å². The highest BCUT2D eigenvalue weighted by Gasteiger charge is 2.19. The Morgan fingerprint density at radius 1 is 1.40 bits per heavy atom. The summed E-state index contributed by atoms with van der Waals surface area (Å²) in [5.74, 6) is 0.768. The average Bonchev–Trinajstić information content (AvgIpc) is 3.02. The molecule has 1 saturated carbocycles. The van der Waals surface area contributed by atoms with Crippen LogP contribution >= 0.6 is 15.9 Å². The summed E-state index contributed by atoms with van der Waals surface area (Å²) in [6.07, 6.45) is 4.05. The van der Waals surface area contributed by atoms with Crippen molar-refractivity contribution in [3.8, 4) is 0 Å². The molecule has 0 amide bonds. The highest BCUT2D eigenvalue weighted by molar-refractivity contribution is 9.10. The molecule has 2 rings (SSSR count). The second kappa shape index (κ2) is 5.08. The number of benzene rings is 1. The van der Waals surface area contributed by atoms with Crippen molar-refractivity contribution in [2.45, 2.75) is 25.8 Å². The van der Waals surface area contributed by atoms with Crippen LogP contribution in [0.15, 0.2) is 22.7 Å². The quantitative estimate of drug-likeness (QED) is 0.809. The zero-order chi connectivity index (χ0) is 10.7. The van der Waals surface area contributed by atoms with Crippen LogP contribution in [0.5, 0.6) is 0 Å². The SMILES string of the molecule is Fc1cccc(CNCCC2CC2)c1Br. The van der Waals surface area contributed by atoms with Gasteiger partial charge < -0.3 is 5.32 Å². The fourth-order valence-corrected chi connectivity index (χ4v) is 2.03. The van der Waals surface area contributed by atoms with Gasteiger partial charge in [-0.15, -0.1) is 0 Å². The first-order valence-corrected chi connectivity index (χ1v) is 6.20. The molecule has 0 bridgehead atoms. The average molecular weight is 272 g/mol. The third-order valence-corrected chi connectivity index (χ3v) is 3.66. The summed E-state index contributed by atoms with van der Waals surface area (Å²) in [4.78, 5) is 0. The molecule has 3 heteroatoms. The lowest BCUT2D eigenvalue weighted by Gasteiger charge is -2.06. The van der Waals surface area contributed by atoms with E-state index in [0.29, 0.717) is 4.47 Å². The first-order chi connectivity index (χ1) is 7.27. The van der Waals surface area contributed by atoms with E-state index in [1.807, 2.05) is 6.07 Å². The summed E-state index contributed by atoms with van der Waals surface area (Å²) in [5, 5.41) is 3.34. The van der Waals surface area contributed by atoms with Crippen molar-refractivity contribution >= 4 is 15.9 Å². The summed E-state index contributed by atoms with van der Waals surface area (Å²) in [7, 11) is 0. The van der Waals surface area contributed by atoms with Gasteiger partial charge in [-0.2, -0.15) is 0 Å². The lowest BCUT2D eigenvalue weighted by molar-refractivity contribution is 0.597. The number of hydrogen-bond donors (Lipinski definition) is 1. The minimum absolute atomic E-state index is 0.184. The molecular formula is C12H15BrFN. The molecular weight excluding hydrogens is 257 g/mol. The molecule has 0 spiro atoms. The Bertz CT molecular complexity index is 336. The normalized spacial score (nSPS) is 15.6. The maximum atomic E-state index is 13.2. The molecule has 0 saturated heterocycles. The minimum Gasteiger partial charge on any atom is -0.313 e. The Morgan fingerprint density at radius 3 is 2.93 bits per heavy atom. The van der Waals surface area contributed by atoms with Crippen LogP contribution in [0.4, 0.5) is 4.39 Å². The maximum absolute atomic E-state index is 13.2. The topological polar surface area (TPSA) is 12.0 Å². The molecule has 82 valence electrons. The molecule has 1 fully saturated rings. The molecule has 0 atom stereocenters. The van der Waals surface area contributed by atoms with Crippen LogP contribution in [-0.2, 0) is 6.54 Å². The smallest absolute Gasteiger partial charge is 0.137 e. The van der Waals surface area contributed by atoms with E-state index < -0.39 is 0 Å². The molecule has 0 aromatic heterocycles. The van der Waals surface area contributed by atoms with Crippen molar-refractivity contribution in [1.29, 1.82) is 0 Å². The van der Waals surface area contributed by atoms with Gasteiger partial charge in [-0.3, -0.25) is 0 Å². The zero-order valence-corrected chi connectivity index (χ0v) is 10.2. The Labute approximate surface area is 98.2 Å². The van der Waals surface area contributed by atoms with E-state index in [9.17, 15) is 4.39 Å². The van der Waals surface area contributed by atoms with E-state index >= 15 is 0 Å². The van der Waals surface area contributed by atoms with E-state index in [4.69, 9.17) is 0 Å². The second-order valence-electron chi connectivity index (χ2n) is 4.12. The van der Waals surface area contributed by atoms with Crippen LogP contribution in [0.1, 0.15) is 24.8 Å². The van der Waals surface area contributed by atoms with Gasteiger partial charge in [-0.1, -0.05) is 25.0 Å². The standard InChI is InChI=1S/C12H15BrFN/c13-12-10(2-1-3-11(12)14)8-15-7-6-9-4-5-9/h1-3,9,15H,4-8H2. The fraction of sp³-hybridized carbons (Fsp3) is 0.500. The Kier molecular flexibility index (Phi) is 3.76. The predicted molar refractivity (Wildman–Crippen MR) is 63.1 cm³/mol. The van der Waals surface area contributed by atoms with Crippen LogP contribution in [0, 0.1) is 11.7 Å². The van der Waals surface area contributed by atoms with Crippen molar-refractivity contribution < 1.29 is 4.39 Å². The number of halogens is 2. The third kappa shape index (κ3) is 3.28.